The van der Waals surface area contributed by atoms with Crippen molar-refractivity contribution in [3.63, 3.8) is 0 Å². The minimum atomic E-state index is -3.76. The minimum Gasteiger partial charge on any atom is -0.494 e. The highest BCUT2D eigenvalue weighted by molar-refractivity contribution is 7.92. The van der Waals surface area contributed by atoms with Crippen molar-refractivity contribution in [3.8, 4) is 5.75 Å². The molecular formula is C20H19N3O4S. The van der Waals surface area contributed by atoms with Gasteiger partial charge < -0.3 is 10.1 Å². The molecule has 7 nitrogen and oxygen atoms in total. The molecule has 3 rings (SSSR count). The van der Waals surface area contributed by atoms with Crippen LogP contribution in [0.15, 0.2) is 78.0 Å². The summed E-state index contributed by atoms with van der Waals surface area (Å²) >= 11 is 0. The van der Waals surface area contributed by atoms with Gasteiger partial charge in [-0.25, -0.2) is 8.42 Å². The third-order valence-corrected chi connectivity index (χ3v) is 5.13. The lowest BCUT2D eigenvalue weighted by Gasteiger charge is -2.10. The molecule has 2 aromatic carbocycles. The highest BCUT2D eigenvalue weighted by Gasteiger charge is 2.15. The molecular weight excluding hydrogens is 378 g/mol. The standard InChI is InChI=1S/C20H19N3O4S/c1-2-27-18-10-8-16(9-11-18)22-20(24)15-12-17(14-21-13-15)23-28(25,26)19-6-4-3-5-7-19/h3-14,23H,2H2,1H3,(H,22,24). The average molecular weight is 397 g/mol. The number of rotatable bonds is 7. The van der Waals surface area contributed by atoms with Gasteiger partial charge in [-0.05, 0) is 49.4 Å². The van der Waals surface area contributed by atoms with Crippen LogP contribution < -0.4 is 14.8 Å². The number of sulfonamides is 1. The number of carbonyl (C=O) groups is 1. The van der Waals surface area contributed by atoms with Crippen molar-refractivity contribution in [2.24, 2.45) is 0 Å². The molecule has 8 heteroatoms. The normalized spacial score (nSPS) is 10.9. The first-order chi connectivity index (χ1) is 13.5. The van der Waals surface area contributed by atoms with Gasteiger partial charge in [-0.3, -0.25) is 14.5 Å². The van der Waals surface area contributed by atoms with Gasteiger partial charge in [-0.2, -0.15) is 0 Å². The number of carbonyl (C=O) groups excluding carboxylic acids is 1. The van der Waals surface area contributed by atoms with Crippen molar-refractivity contribution in [3.05, 3.63) is 78.6 Å². The van der Waals surface area contributed by atoms with E-state index in [1.165, 1.54) is 30.6 Å². The van der Waals surface area contributed by atoms with Crippen LogP contribution in [0.5, 0.6) is 5.75 Å². The molecule has 1 aromatic heterocycles. The number of amides is 1. The molecule has 144 valence electrons. The van der Waals surface area contributed by atoms with E-state index in [9.17, 15) is 13.2 Å². The maximum Gasteiger partial charge on any atom is 0.261 e. The maximum absolute atomic E-state index is 12.5. The van der Waals surface area contributed by atoms with E-state index in [0.717, 1.165) is 0 Å². The van der Waals surface area contributed by atoms with Crippen LogP contribution in [0, 0.1) is 0 Å². The molecule has 0 saturated carbocycles. The Labute approximate surface area is 163 Å². The summed E-state index contributed by atoms with van der Waals surface area (Å²) in [5.74, 6) is 0.303. The lowest BCUT2D eigenvalue weighted by atomic mass is 10.2. The Bertz CT molecular complexity index is 1050. The average Bonchev–Trinajstić information content (AvgIpc) is 2.70. The third kappa shape index (κ3) is 4.86. The van der Waals surface area contributed by atoms with Gasteiger partial charge in [0.05, 0.1) is 29.0 Å². The first-order valence-electron chi connectivity index (χ1n) is 8.55. The van der Waals surface area contributed by atoms with E-state index in [1.54, 1.807) is 42.5 Å². The maximum atomic E-state index is 12.5. The van der Waals surface area contributed by atoms with Crippen molar-refractivity contribution in [1.29, 1.82) is 0 Å². The molecule has 0 unspecified atom stereocenters. The van der Waals surface area contributed by atoms with Crippen LogP contribution >= 0.6 is 0 Å². The molecule has 0 spiro atoms. The van der Waals surface area contributed by atoms with E-state index < -0.39 is 15.9 Å². The van der Waals surface area contributed by atoms with Gasteiger partial charge in [-0.15, -0.1) is 0 Å². The molecule has 0 aliphatic rings. The zero-order valence-corrected chi connectivity index (χ0v) is 15.9. The Morgan fingerprint density at radius 3 is 2.39 bits per heavy atom. The summed E-state index contributed by atoms with van der Waals surface area (Å²) in [7, 11) is -3.76. The molecule has 0 aliphatic carbocycles. The second-order valence-electron chi connectivity index (χ2n) is 5.79. The fourth-order valence-corrected chi connectivity index (χ4v) is 3.49. The largest absolute Gasteiger partial charge is 0.494 e. The summed E-state index contributed by atoms with van der Waals surface area (Å²) in [5.41, 5.74) is 1.01. The number of ether oxygens (including phenoxy) is 1. The first-order valence-corrected chi connectivity index (χ1v) is 10.0. The predicted molar refractivity (Wildman–Crippen MR) is 107 cm³/mol. The Balaban J connectivity index is 1.73. The van der Waals surface area contributed by atoms with Crippen LogP contribution in [0.25, 0.3) is 0 Å². The molecule has 2 N–H and O–H groups in total. The smallest absolute Gasteiger partial charge is 0.261 e. The third-order valence-electron chi connectivity index (χ3n) is 3.73. The monoisotopic (exact) mass is 397 g/mol. The Hall–Kier alpha value is -3.39. The number of pyridine rings is 1. The van der Waals surface area contributed by atoms with Gasteiger partial charge in [0.25, 0.3) is 15.9 Å². The van der Waals surface area contributed by atoms with E-state index in [2.05, 4.69) is 15.0 Å². The van der Waals surface area contributed by atoms with Crippen molar-refractivity contribution >= 4 is 27.3 Å². The summed E-state index contributed by atoms with van der Waals surface area (Å²) < 4.78 is 32.6. The molecule has 0 atom stereocenters. The zero-order valence-electron chi connectivity index (χ0n) is 15.1. The van der Waals surface area contributed by atoms with Crippen LogP contribution in [0.3, 0.4) is 0 Å². The predicted octanol–water partition coefficient (Wildman–Crippen LogP) is 3.53. The molecule has 1 heterocycles. The Morgan fingerprint density at radius 2 is 1.71 bits per heavy atom. The molecule has 28 heavy (non-hydrogen) atoms. The van der Waals surface area contributed by atoms with Crippen molar-refractivity contribution in [2.75, 3.05) is 16.6 Å². The highest BCUT2D eigenvalue weighted by Crippen LogP contribution is 2.19. The number of nitrogens with zero attached hydrogens (tertiary/aromatic N) is 1. The summed E-state index contributed by atoms with van der Waals surface area (Å²) in [6, 6.07) is 16.3. The van der Waals surface area contributed by atoms with Crippen molar-refractivity contribution in [1.82, 2.24) is 4.98 Å². The summed E-state index contributed by atoms with van der Waals surface area (Å²) in [5, 5.41) is 2.74. The molecule has 0 radical (unpaired) electrons. The second kappa shape index (κ2) is 8.53. The van der Waals surface area contributed by atoms with E-state index in [0.29, 0.717) is 18.0 Å². The molecule has 1 amide bonds. The van der Waals surface area contributed by atoms with E-state index in [-0.39, 0.29) is 16.1 Å². The molecule has 0 bridgehead atoms. The molecule has 0 saturated heterocycles. The lowest BCUT2D eigenvalue weighted by molar-refractivity contribution is 0.102. The molecule has 0 fully saturated rings. The van der Waals surface area contributed by atoms with Crippen LogP contribution in [0.1, 0.15) is 17.3 Å². The van der Waals surface area contributed by atoms with E-state index in [1.807, 2.05) is 6.92 Å². The minimum absolute atomic E-state index is 0.124. The quantitative estimate of drug-likeness (QED) is 0.636. The number of nitrogens with one attached hydrogen (secondary N) is 2. The van der Waals surface area contributed by atoms with Crippen molar-refractivity contribution < 1.29 is 17.9 Å². The highest BCUT2D eigenvalue weighted by atomic mass is 32.2. The summed E-state index contributed by atoms with van der Waals surface area (Å²) in [6.07, 6.45) is 2.71. The topological polar surface area (TPSA) is 97.4 Å². The van der Waals surface area contributed by atoms with Crippen molar-refractivity contribution in [2.45, 2.75) is 11.8 Å². The van der Waals surface area contributed by atoms with Gasteiger partial charge in [0.1, 0.15) is 5.75 Å². The van der Waals surface area contributed by atoms with Gasteiger partial charge in [0.2, 0.25) is 0 Å². The Kier molecular flexibility index (Phi) is 5.90. The van der Waals surface area contributed by atoms with Gasteiger partial charge in [0.15, 0.2) is 0 Å². The van der Waals surface area contributed by atoms with Crippen LogP contribution in [-0.4, -0.2) is 25.9 Å². The van der Waals surface area contributed by atoms with Gasteiger partial charge in [-0.1, -0.05) is 18.2 Å². The van der Waals surface area contributed by atoms with Gasteiger partial charge in [0, 0.05) is 11.9 Å². The number of benzene rings is 2. The van der Waals surface area contributed by atoms with E-state index in [4.69, 9.17) is 4.74 Å². The number of aromatic nitrogens is 1. The number of anilines is 2. The molecule has 0 aliphatic heterocycles. The summed E-state index contributed by atoms with van der Waals surface area (Å²) in [4.78, 5) is 16.5. The van der Waals surface area contributed by atoms with Crippen LogP contribution in [-0.2, 0) is 10.0 Å². The zero-order chi connectivity index (χ0) is 20.0. The number of hydrogen-bond donors (Lipinski definition) is 2. The second-order valence-corrected chi connectivity index (χ2v) is 7.47. The Morgan fingerprint density at radius 1 is 1.00 bits per heavy atom. The molecule has 3 aromatic rings. The number of hydrogen-bond acceptors (Lipinski definition) is 5. The lowest BCUT2D eigenvalue weighted by Crippen LogP contribution is -2.15. The van der Waals surface area contributed by atoms with E-state index >= 15 is 0 Å². The SMILES string of the molecule is CCOc1ccc(NC(=O)c2cncc(NS(=O)(=O)c3ccccc3)c2)cc1. The first kappa shape index (κ1) is 19.4. The summed E-state index contributed by atoms with van der Waals surface area (Å²) in [6.45, 7) is 2.45. The van der Waals surface area contributed by atoms with Crippen LogP contribution in [0.4, 0.5) is 11.4 Å². The fraction of sp³-hybridized carbons (Fsp3) is 0.100. The van der Waals surface area contributed by atoms with Crippen LogP contribution in [0.2, 0.25) is 0 Å². The van der Waals surface area contributed by atoms with Gasteiger partial charge >= 0.3 is 0 Å². The fourth-order valence-electron chi connectivity index (χ4n) is 2.44.